The number of hydrogen-bond acceptors (Lipinski definition) is 1. The van der Waals surface area contributed by atoms with Crippen molar-refractivity contribution in [3.8, 4) is 0 Å². The van der Waals surface area contributed by atoms with Crippen LogP contribution in [0.3, 0.4) is 0 Å². The Balaban J connectivity index is 0.00000161. The first-order chi connectivity index (χ1) is 9.82. The molecule has 0 heterocycles. The topological polar surface area (TPSA) is 17.1 Å². The summed E-state index contributed by atoms with van der Waals surface area (Å²) in [5, 5.41) is 1.05. The van der Waals surface area contributed by atoms with Crippen LogP contribution in [0.25, 0.3) is 0 Å². The van der Waals surface area contributed by atoms with Crippen LogP contribution in [-0.2, 0) is 24.7 Å². The van der Waals surface area contributed by atoms with Gasteiger partial charge in [-0.1, -0.05) is 38.5 Å². The van der Waals surface area contributed by atoms with E-state index in [1.54, 1.807) is 0 Å². The summed E-state index contributed by atoms with van der Waals surface area (Å²) >= 11 is 0. The molecule has 2 fully saturated rings. The van der Waals surface area contributed by atoms with E-state index >= 15 is 0 Å². The predicted octanol–water partition coefficient (Wildman–Crippen LogP) is 5.14. The first-order valence-electron chi connectivity index (χ1n) is 8.38. The van der Waals surface area contributed by atoms with Crippen LogP contribution in [-0.4, -0.2) is 11.3 Å². The fraction of sp³-hybridized carbons (Fsp3) is 0.667. The number of hydrogen-bond donors (Lipinski definition) is 0. The van der Waals surface area contributed by atoms with Gasteiger partial charge in [0.2, 0.25) is 0 Å². The van der Waals surface area contributed by atoms with E-state index in [0.717, 1.165) is 5.30 Å². The summed E-state index contributed by atoms with van der Waals surface area (Å²) in [4.78, 5) is 0. The van der Waals surface area contributed by atoms with Crippen LogP contribution in [0.1, 0.15) is 64.2 Å². The summed E-state index contributed by atoms with van der Waals surface area (Å²) in [5.74, 6) is 0. The quantitative estimate of drug-likeness (QED) is 0.432. The molecule has 2 saturated carbocycles. The molecule has 0 aromatic heterocycles. The molecule has 21 heavy (non-hydrogen) atoms. The van der Waals surface area contributed by atoms with Crippen molar-refractivity contribution in [2.24, 2.45) is 0 Å². The molecule has 0 unspecified atom stereocenters. The zero-order valence-electron chi connectivity index (χ0n) is 12.7. The third kappa shape index (κ3) is 3.71. The van der Waals surface area contributed by atoms with Crippen LogP contribution in [0, 0.1) is 6.07 Å². The summed E-state index contributed by atoms with van der Waals surface area (Å²) in [6, 6.07) is 11.4. The summed E-state index contributed by atoms with van der Waals surface area (Å²) in [6.45, 7) is 0. The Labute approximate surface area is 143 Å². The van der Waals surface area contributed by atoms with Gasteiger partial charge in [-0.25, -0.2) is 0 Å². The van der Waals surface area contributed by atoms with E-state index in [2.05, 4.69) is 12.1 Å². The second-order valence-corrected chi connectivity index (χ2v) is 9.90. The number of benzene rings is 1. The van der Waals surface area contributed by atoms with Gasteiger partial charge >= 0.3 is 0 Å². The summed E-state index contributed by atoms with van der Waals surface area (Å²) in [5.41, 5.74) is 0.885. The molecule has 0 N–H and O–H groups in total. The van der Waals surface area contributed by atoms with Crippen LogP contribution in [0.5, 0.6) is 0 Å². The molecule has 0 aliphatic heterocycles. The number of rotatable bonds is 3. The first kappa shape index (κ1) is 17.5. The molecule has 2 aliphatic rings. The van der Waals surface area contributed by atoms with Gasteiger partial charge in [0.25, 0.3) is 0 Å². The van der Waals surface area contributed by atoms with Gasteiger partial charge in [0, 0.05) is 31.4 Å². The zero-order valence-corrected chi connectivity index (χ0v) is 16.0. The minimum atomic E-state index is -2.28. The molecule has 119 valence electrons. The fourth-order valence-corrected chi connectivity index (χ4v) is 8.47. The van der Waals surface area contributed by atoms with E-state index in [9.17, 15) is 4.57 Å². The van der Waals surface area contributed by atoms with Crippen molar-refractivity contribution in [2.45, 2.75) is 75.5 Å². The minimum Gasteiger partial charge on any atom is -0.320 e. The third-order valence-corrected chi connectivity index (χ3v) is 9.54. The van der Waals surface area contributed by atoms with Gasteiger partial charge in [0.1, 0.15) is 0 Å². The monoisotopic (exact) mass is 482 g/mol. The van der Waals surface area contributed by atoms with Crippen molar-refractivity contribution in [2.75, 3.05) is 0 Å². The average molecular weight is 482 g/mol. The summed E-state index contributed by atoms with van der Waals surface area (Å²) < 4.78 is 14.1. The van der Waals surface area contributed by atoms with Crippen molar-refractivity contribution >= 4 is 12.4 Å². The van der Waals surface area contributed by atoms with Crippen molar-refractivity contribution in [3.63, 3.8) is 0 Å². The van der Waals surface area contributed by atoms with Crippen molar-refractivity contribution in [1.82, 2.24) is 0 Å². The maximum absolute atomic E-state index is 14.1. The summed E-state index contributed by atoms with van der Waals surface area (Å²) in [7, 11) is -2.28. The predicted molar refractivity (Wildman–Crippen MR) is 86.3 cm³/mol. The van der Waals surface area contributed by atoms with Crippen LogP contribution >= 0.6 is 7.14 Å². The SMILES string of the molecule is O=P(c1[c-]cccc1)(C1CCCCC1)C1CCCCC1.[Ir]. The Kier molecular flexibility index (Phi) is 6.73. The Bertz CT molecular complexity index is 439. The van der Waals surface area contributed by atoms with Crippen LogP contribution in [0.15, 0.2) is 24.3 Å². The maximum Gasteiger partial charge on any atom is 0.0978 e. The van der Waals surface area contributed by atoms with Gasteiger partial charge in [-0.3, -0.25) is 0 Å². The Morgan fingerprint density at radius 2 is 1.38 bits per heavy atom. The van der Waals surface area contributed by atoms with E-state index in [4.69, 9.17) is 0 Å². The molecule has 1 nitrogen and oxygen atoms in total. The molecule has 0 bridgehead atoms. The van der Waals surface area contributed by atoms with Gasteiger partial charge in [0.15, 0.2) is 0 Å². The molecule has 3 heteroatoms. The van der Waals surface area contributed by atoms with E-state index in [-0.39, 0.29) is 20.1 Å². The largest absolute Gasteiger partial charge is 0.320 e. The molecule has 0 atom stereocenters. The van der Waals surface area contributed by atoms with Gasteiger partial charge in [-0.05, 0) is 25.7 Å². The molecule has 0 spiro atoms. The molecule has 1 aromatic carbocycles. The maximum atomic E-state index is 14.1. The van der Waals surface area contributed by atoms with E-state index < -0.39 is 7.14 Å². The zero-order chi connectivity index (χ0) is 13.8. The molecule has 1 radical (unpaired) electrons. The molecule has 2 aliphatic carbocycles. The molecular weight excluding hydrogens is 455 g/mol. The van der Waals surface area contributed by atoms with Gasteiger partial charge < -0.3 is 4.57 Å². The smallest absolute Gasteiger partial charge is 0.0978 e. The minimum absolute atomic E-state index is 0. The standard InChI is InChI=1S/C18H26OP.Ir/c19-20(16-10-4-1-5-11-16,17-12-6-2-7-13-17)18-14-8-3-9-15-18;/h1,4-5,10,17-18H,2-3,6-9,12-15H2;/q-1;. The van der Waals surface area contributed by atoms with Crippen LogP contribution in [0.2, 0.25) is 0 Å². The van der Waals surface area contributed by atoms with Gasteiger partial charge in [-0.15, -0.1) is 5.30 Å². The molecule has 0 amide bonds. The third-order valence-electron chi connectivity index (χ3n) is 5.30. The molecule has 0 saturated heterocycles. The van der Waals surface area contributed by atoms with Crippen molar-refractivity contribution in [1.29, 1.82) is 0 Å². The molecule has 1 aromatic rings. The van der Waals surface area contributed by atoms with Gasteiger partial charge in [0.05, 0.1) is 7.14 Å². The first-order valence-corrected chi connectivity index (χ1v) is 10.2. The Morgan fingerprint density at radius 3 is 1.81 bits per heavy atom. The average Bonchev–Trinajstić information content (AvgIpc) is 2.56. The summed E-state index contributed by atoms with van der Waals surface area (Å²) in [6.07, 6.45) is 12.5. The van der Waals surface area contributed by atoms with Crippen molar-refractivity contribution in [3.05, 3.63) is 30.3 Å². The molecule has 3 rings (SSSR count). The van der Waals surface area contributed by atoms with Gasteiger partial charge in [-0.2, -0.15) is 30.3 Å². The second-order valence-electron chi connectivity index (χ2n) is 6.54. The normalized spacial score (nSPS) is 21.7. The van der Waals surface area contributed by atoms with Crippen molar-refractivity contribution < 1.29 is 24.7 Å². The van der Waals surface area contributed by atoms with Crippen LogP contribution in [0.4, 0.5) is 0 Å². The Morgan fingerprint density at radius 1 is 0.857 bits per heavy atom. The van der Waals surface area contributed by atoms with E-state index in [1.165, 1.54) is 64.2 Å². The Hall–Kier alpha value is 0.0994. The molecular formula is C18H26IrOP-. The van der Waals surface area contributed by atoms with E-state index in [0.29, 0.717) is 11.3 Å². The second kappa shape index (κ2) is 8.09. The fourth-order valence-electron chi connectivity index (χ4n) is 4.22. The van der Waals surface area contributed by atoms with E-state index in [1.807, 2.05) is 18.2 Å². The van der Waals surface area contributed by atoms with Crippen LogP contribution < -0.4 is 5.30 Å².